The molecule has 0 aromatic heterocycles. The van der Waals surface area contributed by atoms with Crippen LogP contribution in [0.1, 0.15) is 11.7 Å². The number of aliphatic hydroxyl groups excluding tert-OH is 1. The third kappa shape index (κ3) is 4.14. The van der Waals surface area contributed by atoms with Crippen molar-refractivity contribution in [1.29, 1.82) is 0 Å². The van der Waals surface area contributed by atoms with E-state index in [9.17, 15) is 26.3 Å². The summed E-state index contributed by atoms with van der Waals surface area (Å²) in [5, 5.41) is 8.82. The van der Waals surface area contributed by atoms with Gasteiger partial charge in [-0.3, -0.25) is 0 Å². The van der Waals surface area contributed by atoms with Gasteiger partial charge in [0.1, 0.15) is 5.75 Å². The Labute approximate surface area is 91.4 Å². The zero-order valence-electron chi connectivity index (χ0n) is 8.01. The maximum atomic E-state index is 12.1. The van der Waals surface area contributed by atoms with Crippen LogP contribution in [0.2, 0.25) is 0 Å². The van der Waals surface area contributed by atoms with Crippen molar-refractivity contribution in [3.8, 4) is 5.75 Å². The third-order valence-electron chi connectivity index (χ3n) is 1.72. The summed E-state index contributed by atoms with van der Waals surface area (Å²) in [5.41, 5.74) is -0.723. The zero-order valence-corrected chi connectivity index (χ0v) is 8.01. The average molecular weight is 260 g/mol. The Balaban J connectivity index is 2.94. The minimum atomic E-state index is -5.00. The summed E-state index contributed by atoms with van der Waals surface area (Å²) in [6.45, 7) is 0. The lowest BCUT2D eigenvalue weighted by Gasteiger charge is -2.16. The van der Waals surface area contributed by atoms with Crippen LogP contribution in [0, 0.1) is 0 Å². The van der Waals surface area contributed by atoms with Crippen LogP contribution >= 0.6 is 0 Å². The van der Waals surface area contributed by atoms with E-state index in [4.69, 9.17) is 5.11 Å². The minimum Gasteiger partial charge on any atom is -0.406 e. The zero-order chi connectivity index (χ0) is 13.3. The quantitative estimate of drug-likeness (QED) is 0.827. The highest BCUT2D eigenvalue weighted by Gasteiger charge is 2.39. The van der Waals surface area contributed by atoms with Gasteiger partial charge in [0, 0.05) is 0 Å². The molecule has 17 heavy (non-hydrogen) atoms. The van der Waals surface area contributed by atoms with Gasteiger partial charge in [-0.25, -0.2) is 0 Å². The van der Waals surface area contributed by atoms with Crippen LogP contribution in [0.3, 0.4) is 0 Å². The minimum absolute atomic E-state index is 0.478. The van der Waals surface area contributed by atoms with E-state index in [1.54, 1.807) is 0 Å². The molecule has 1 aromatic rings. The predicted molar refractivity (Wildman–Crippen MR) is 44.1 cm³/mol. The van der Waals surface area contributed by atoms with E-state index in [1.165, 1.54) is 0 Å². The summed E-state index contributed by atoms with van der Waals surface area (Å²) in [5.74, 6) is -0.821. The predicted octanol–water partition coefficient (Wildman–Crippen LogP) is 3.18. The normalized spacial score (nSPS) is 14.5. The second kappa shape index (κ2) is 4.44. The number of benzene rings is 1. The molecule has 1 rings (SSSR count). The van der Waals surface area contributed by atoms with Crippen molar-refractivity contribution in [2.45, 2.75) is 18.6 Å². The molecule has 2 nitrogen and oxygen atoms in total. The maximum Gasteiger partial charge on any atom is 0.573 e. The molecule has 0 radical (unpaired) electrons. The van der Waals surface area contributed by atoms with Gasteiger partial charge in [-0.15, -0.1) is 13.2 Å². The van der Waals surface area contributed by atoms with Crippen molar-refractivity contribution >= 4 is 0 Å². The Kier molecular flexibility index (Phi) is 3.56. The second-order valence-corrected chi connectivity index (χ2v) is 3.06. The van der Waals surface area contributed by atoms with E-state index in [0.29, 0.717) is 6.07 Å². The molecule has 0 aliphatic rings. The van der Waals surface area contributed by atoms with Crippen LogP contribution in [0.4, 0.5) is 26.3 Å². The number of hydrogen-bond donors (Lipinski definition) is 1. The van der Waals surface area contributed by atoms with Gasteiger partial charge < -0.3 is 9.84 Å². The van der Waals surface area contributed by atoms with Crippen molar-refractivity contribution in [3.63, 3.8) is 0 Å². The summed E-state index contributed by atoms with van der Waals surface area (Å²) < 4.78 is 75.1. The summed E-state index contributed by atoms with van der Waals surface area (Å²) in [4.78, 5) is 0. The van der Waals surface area contributed by atoms with Crippen LogP contribution in [0.15, 0.2) is 24.3 Å². The van der Waals surface area contributed by atoms with Crippen LogP contribution in [0.25, 0.3) is 0 Å². The third-order valence-corrected chi connectivity index (χ3v) is 1.72. The molecule has 0 fully saturated rings. The molecular weight excluding hydrogens is 254 g/mol. The smallest absolute Gasteiger partial charge is 0.406 e. The largest absolute Gasteiger partial charge is 0.573 e. The van der Waals surface area contributed by atoms with E-state index >= 15 is 0 Å². The van der Waals surface area contributed by atoms with E-state index in [2.05, 4.69) is 4.74 Å². The first-order chi connectivity index (χ1) is 7.59. The van der Waals surface area contributed by atoms with Crippen LogP contribution in [0.5, 0.6) is 5.75 Å². The lowest BCUT2D eigenvalue weighted by molar-refractivity contribution is -0.274. The summed E-state index contributed by atoms with van der Waals surface area (Å²) >= 11 is 0. The van der Waals surface area contributed by atoms with Crippen molar-refractivity contribution in [2.75, 3.05) is 0 Å². The first-order valence-corrected chi connectivity index (χ1v) is 4.20. The molecule has 0 saturated carbocycles. The molecule has 0 saturated heterocycles. The monoisotopic (exact) mass is 260 g/mol. The van der Waals surface area contributed by atoms with Gasteiger partial charge in [-0.1, -0.05) is 12.1 Å². The van der Waals surface area contributed by atoms with Crippen molar-refractivity contribution in [2.24, 2.45) is 0 Å². The van der Waals surface area contributed by atoms with Crippen LogP contribution in [-0.2, 0) is 0 Å². The molecule has 0 unspecified atom stereocenters. The summed E-state index contributed by atoms with van der Waals surface area (Å²) in [7, 11) is 0. The van der Waals surface area contributed by atoms with Gasteiger partial charge in [0.05, 0.1) is 0 Å². The standard InChI is InChI=1S/C9H6F6O2/c10-8(11,12)7(16)5-2-1-3-6(4-5)17-9(13,14)15/h1-4,7,16H/t7-/m1/s1. The second-order valence-electron chi connectivity index (χ2n) is 3.06. The van der Waals surface area contributed by atoms with Gasteiger partial charge in [0.15, 0.2) is 6.10 Å². The van der Waals surface area contributed by atoms with Crippen molar-refractivity contribution in [1.82, 2.24) is 0 Å². The van der Waals surface area contributed by atoms with Crippen LogP contribution < -0.4 is 4.74 Å². The molecule has 0 aliphatic heterocycles. The number of hydrogen-bond acceptors (Lipinski definition) is 2. The van der Waals surface area contributed by atoms with Gasteiger partial charge >= 0.3 is 12.5 Å². The molecule has 0 heterocycles. The van der Waals surface area contributed by atoms with Crippen molar-refractivity contribution < 1.29 is 36.2 Å². The van der Waals surface area contributed by atoms with E-state index in [-0.39, 0.29) is 0 Å². The Morgan fingerprint density at radius 3 is 2.12 bits per heavy atom. The van der Waals surface area contributed by atoms with Gasteiger partial charge in [0.2, 0.25) is 0 Å². The topological polar surface area (TPSA) is 29.5 Å². The fraction of sp³-hybridized carbons (Fsp3) is 0.333. The molecule has 0 spiro atoms. The van der Waals surface area contributed by atoms with Crippen molar-refractivity contribution in [3.05, 3.63) is 29.8 Å². The molecular formula is C9H6F6O2. The van der Waals surface area contributed by atoms with Gasteiger partial charge in [-0.05, 0) is 17.7 Å². The number of ether oxygens (including phenoxy) is 1. The van der Waals surface area contributed by atoms with E-state index < -0.39 is 30.0 Å². The first kappa shape index (κ1) is 13.6. The van der Waals surface area contributed by atoms with Gasteiger partial charge in [0.25, 0.3) is 0 Å². The highest BCUT2D eigenvalue weighted by molar-refractivity contribution is 5.30. The number of rotatable bonds is 2. The van der Waals surface area contributed by atoms with E-state index in [1.807, 2.05) is 0 Å². The Bertz CT molecular complexity index is 384. The lowest BCUT2D eigenvalue weighted by Crippen LogP contribution is -2.21. The maximum absolute atomic E-state index is 12.1. The lowest BCUT2D eigenvalue weighted by atomic mass is 10.1. The Morgan fingerprint density at radius 1 is 1.06 bits per heavy atom. The summed E-state index contributed by atoms with van der Waals surface area (Å²) in [6.07, 6.45) is -12.8. The Morgan fingerprint density at radius 2 is 1.65 bits per heavy atom. The molecule has 8 heteroatoms. The fourth-order valence-corrected chi connectivity index (χ4v) is 1.07. The SMILES string of the molecule is O[C@H](c1cccc(OC(F)(F)F)c1)C(F)(F)F. The number of alkyl halides is 6. The van der Waals surface area contributed by atoms with E-state index in [0.717, 1.165) is 18.2 Å². The average Bonchev–Trinajstić information content (AvgIpc) is 2.12. The number of aliphatic hydroxyl groups is 1. The summed E-state index contributed by atoms with van der Waals surface area (Å²) in [6, 6.07) is 3.08. The first-order valence-electron chi connectivity index (χ1n) is 4.20. The fourth-order valence-electron chi connectivity index (χ4n) is 1.07. The molecule has 1 atom stereocenters. The molecule has 0 aliphatic carbocycles. The number of halogens is 6. The highest BCUT2D eigenvalue weighted by atomic mass is 19.4. The molecule has 96 valence electrons. The molecule has 1 N–H and O–H groups in total. The molecule has 1 aromatic carbocycles. The van der Waals surface area contributed by atoms with Crippen LogP contribution in [-0.4, -0.2) is 17.6 Å². The van der Waals surface area contributed by atoms with Gasteiger partial charge in [-0.2, -0.15) is 13.2 Å². The molecule has 0 bridgehead atoms. The Hall–Kier alpha value is -1.44. The molecule has 0 amide bonds. The highest BCUT2D eigenvalue weighted by Crippen LogP contribution is 2.34.